The van der Waals surface area contributed by atoms with Gasteiger partial charge in [0.1, 0.15) is 11.4 Å². The molecule has 29 heavy (non-hydrogen) atoms. The van der Waals surface area contributed by atoms with Crippen LogP contribution in [0, 0.1) is 5.92 Å². The number of rotatable bonds is 5. The third kappa shape index (κ3) is 3.69. The Balaban J connectivity index is 1.37. The summed E-state index contributed by atoms with van der Waals surface area (Å²) in [4.78, 5) is 52.2. The van der Waals surface area contributed by atoms with Crippen molar-refractivity contribution in [2.45, 2.75) is 32.6 Å². The summed E-state index contributed by atoms with van der Waals surface area (Å²) in [5.41, 5.74) is 1.66. The van der Waals surface area contributed by atoms with Gasteiger partial charge in [0.25, 0.3) is 10.9 Å². The van der Waals surface area contributed by atoms with Crippen molar-refractivity contribution < 1.29 is 9.59 Å². The van der Waals surface area contributed by atoms with Crippen molar-refractivity contribution in [1.29, 1.82) is 0 Å². The van der Waals surface area contributed by atoms with Crippen LogP contribution in [-0.2, 0) is 4.79 Å². The summed E-state index contributed by atoms with van der Waals surface area (Å²) >= 11 is 0. The van der Waals surface area contributed by atoms with Gasteiger partial charge in [0, 0.05) is 43.3 Å². The van der Waals surface area contributed by atoms with Crippen molar-refractivity contribution in [3.8, 4) is 0 Å². The van der Waals surface area contributed by atoms with Gasteiger partial charge in [0.05, 0.1) is 0 Å². The minimum atomic E-state index is -0.389. The lowest BCUT2D eigenvalue weighted by Gasteiger charge is -2.35. The third-order valence-corrected chi connectivity index (χ3v) is 6.02. The largest absolute Gasteiger partial charge is 0.366 e. The van der Waals surface area contributed by atoms with Crippen LogP contribution < -0.4 is 26.0 Å². The monoisotopic (exact) mass is 395 g/mol. The van der Waals surface area contributed by atoms with Crippen LogP contribution in [0.15, 0.2) is 33.9 Å². The van der Waals surface area contributed by atoms with Gasteiger partial charge in [-0.2, -0.15) is 0 Å². The first-order valence-electron chi connectivity index (χ1n) is 10.2. The number of hydrogen-bond donors (Lipinski definition) is 1. The van der Waals surface area contributed by atoms with Gasteiger partial charge < -0.3 is 15.1 Å². The van der Waals surface area contributed by atoms with E-state index >= 15 is 0 Å². The molecule has 0 bridgehead atoms. The zero-order valence-corrected chi connectivity index (χ0v) is 16.6. The van der Waals surface area contributed by atoms with Crippen molar-refractivity contribution in [2.24, 2.45) is 5.92 Å². The molecule has 2 aliphatic heterocycles. The molecule has 2 aromatic carbocycles. The molecule has 152 valence electrons. The summed E-state index contributed by atoms with van der Waals surface area (Å²) in [6.45, 7) is 4.35. The Bertz CT molecular complexity index is 990. The fraction of sp³-hybridized carbons (Fsp3) is 0.455. The highest BCUT2D eigenvalue weighted by Crippen LogP contribution is 2.31. The smallest absolute Gasteiger partial charge is 0.253 e. The molecule has 7 heteroatoms. The summed E-state index contributed by atoms with van der Waals surface area (Å²) in [5.74, 6) is -0.202. The van der Waals surface area contributed by atoms with E-state index in [4.69, 9.17) is 0 Å². The highest BCUT2D eigenvalue weighted by atomic mass is 16.2. The topological polar surface area (TPSA) is 86.8 Å². The number of carbonyl (C=O) groups excluding carboxylic acids is 2. The lowest BCUT2D eigenvalue weighted by atomic mass is 9.94. The second kappa shape index (κ2) is 7.81. The van der Waals surface area contributed by atoms with Crippen LogP contribution in [0.5, 0.6) is 0 Å². The number of piperidine rings is 1. The summed E-state index contributed by atoms with van der Waals surface area (Å²) in [7, 11) is 0. The fourth-order valence-corrected chi connectivity index (χ4v) is 4.29. The van der Waals surface area contributed by atoms with Crippen LogP contribution in [0.3, 0.4) is 0 Å². The Morgan fingerprint density at radius 3 is 1.90 bits per heavy atom. The van der Waals surface area contributed by atoms with Crippen LogP contribution in [0.25, 0.3) is 0 Å². The number of Topliss-reactive ketones (excluding diaryl/α,β-unsaturated/α-hetero) is 1. The van der Waals surface area contributed by atoms with Gasteiger partial charge in [-0.3, -0.25) is 19.2 Å². The highest BCUT2D eigenvalue weighted by Gasteiger charge is 2.34. The predicted octanol–water partition coefficient (Wildman–Crippen LogP) is 1.94. The van der Waals surface area contributed by atoms with Gasteiger partial charge in [-0.1, -0.05) is 0 Å². The molecule has 0 unspecified atom stereocenters. The molecule has 7 nitrogen and oxygen atoms in total. The second-order valence-electron chi connectivity index (χ2n) is 7.93. The number of nitrogens with one attached hydrogen (secondary N) is 1. The van der Waals surface area contributed by atoms with Gasteiger partial charge in [0.2, 0.25) is 5.91 Å². The molecular weight excluding hydrogens is 370 g/mol. The van der Waals surface area contributed by atoms with E-state index in [9.17, 15) is 19.2 Å². The number of ketones is 1. The molecule has 1 amide bonds. The fourth-order valence-electron chi connectivity index (χ4n) is 4.29. The number of anilines is 3. The lowest BCUT2D eigenvalue weighted by molar-refractivity contribution is -0.120. The number of amides is 1. The second-order valence-corrected chi connectivity index (χ2v) is 7.93. The van der Waals surface area contributed by atoms with E-state index in [2.05, 4.69) is 5.32 Å². The van der Waals surface area contributed by atoms with Gasteiger partial charge in [0.15, 0.2) is 5.78 Å². The number of hydrogen-bond acceptors (Lipinski definition) is 6. The first-order chi connectivity index (χ1) is 14.0. The van der Waals surface area contributed by atoms with Gasteiger partial charge in [-0.25, -0.2) is 0 Å². The van der Waals surface area contributed by atoms with Crippen LogP contribution in [0.2, 0.25) is 0 Å². The normalized spacial score (nSPS) is 17.7. The van der Waals surface area contributed by atoms with Crippen molar-refractivity contribution in [1.82, 2.24) is 0 Å². The van der Waals surface area contributed by atoms with Gasteiger partial charge in [-0.15, -0.1) is 0 Å². The number of benzene rings is 1. The van der Waals surface area contributed by atoms with Crippen LogP contribution in [0.1, 0.15) is 43.0 Å². The van der Waals surface area contributed by atoms with Gasteiger partial charge in [-0.05, 0) is 56.9 Å². The third-order valence-electron chi connectivity index (χ3n) is 6.02. The number of nitrogens with zero attached hydrogens (tertiary/aromatic N) is 2. The van der Waals surface area contributed by atoms with E-state index in [0.717, 1.165) is 25.9 Å². The van der Waals surface area contributed by atoms with E-state index in [1.54, 1.807) is 24.3 Å². The van der Waals surface area contributed by atoms with Crippen LogP contribution in [-0.4, -0.2) is 37.9 Å². The first kappa shape index (κ1) is 19.4. The molecule has 2 heterocycles. The minimum Gasteiger partial charge on any atom is -0.366 e. The molecule has 2 saturated heterocycles. The average molecular weight is 395 g/mol. The summed E-state index contributed by atoms with van der Waals surface area (Å²) in [5, 5.41) is 2.91. The average Bonchev–Trinajstić information content (AvgIpc) is 3.25. The van der Waals surface area contributed by atoms with Gasteiger partial charge >= 0.3 is 0 Å². The van der Waals surface area contributed by atoms with E-state index in [1.165, 1.54) is 6.92 Å². The lowest BCUT2D eigenvalue weighted by Crippen LogP contribution is -2.48. The summed E-state index contributed by atoms with van der Waals surface area (Å²) in [6, 6.07) is 6.86. The Morgan fingerprint density at radius 1 is 0.862 bits per heavy atom. The molecule has 0 aliphatic carbocycles. The molecule has 0 aromatic heterocycles. The Hall–Kier alpha value is -2.96. The van der Waals surface area contributed by atoms with E-state index in [1.807, 2.05) is 9.80 Å². The van der Waals surface area contributed by atoms with Crippen molar-refractivity contribution in [2.75, 3.05) is 41.3 Å². The maximum absolute atomic E-state index is 12.6. The molecule has 2 aliphatic rings. The molecule has 1 N–H and O–H groups in total. The molecule has 4 rings (SSSR count). The molecular formula is C22H25N3O4. The molecule has 2 fully saturated rings. The molecule has 0 spiro atoms. The zero-order chi connectivity index (χ0) is 20.5. The van der Waals surface area contributed by atoms with Crippen molar-refractivity contribution >= 4 is 28.8 Å². The molecule has 0 atom stereocenters. The van der Waals surface area contributed by atoms with Crippen LogP contribution >= 0.6 is 0 Å². The summed E-state index contributed by atoms with van der Waals surface area (Å²) < 4.78 is 0. The van der Waals surface area contributed by atoms with E-state index < -0.39 is 0 Å². The minimum absolute atomic E-state index is 0.0122. The molecule has 0 saturated carbocycles. The Kier molecular flexibility index (Phi) is 5.22. The molecule has 2 aromatic rings. The highest BCUT2D eigenvalue weighted by molar-refractivity contribution is 5.96. The SMILES string of the molecule is CC(=O)c1ccc(NC(=O)C2CCN(c3c(N4CCCC4)c(=O)c3=O)CC2)cc1. The summed E-state index contributed by atoms with van der Waals surface area (Å²) in [6.07, 6.45) is 3.37. The first-order valence-corrected chi connectivity index (χ1v) is 10.2. The number of carbonyl (C=O) groups is 2. The Morgan fingerprint density at radius 2 is 1.38 bits per heavy atom. The zero-order valence-electron chi connectivity index (χ0n) is 16.6. The van der Waals surface area contributed by atoms with Crippen molar-refractivity contribution in [3.63, 3.8) is 0 Å². The van der Waals surface area contributed by atoms with Crippen LogP contribution in [0.4, 0.5) is 17.1 Å². The maximum atomic E-state index is 12.6. The standard InChI is InChI=1S/C22H25N3O4/c1-14(26)15-4-6-17(7-5-15)23-22(29)16-8-12-25(13-9-16)19-18(20(27)21(19)28)24-10-2-3-11-24/h4-7,16H,2-3,8-13H2,1H3,(H,23,29). The molecule has 0 radical (unpaired) electrons. The van der Waals surface area contributed by atoms with E-state index in [-0.39, 0.29) is 28.5 Å². The maximum Gasteiger partial charge on any atom is 0.253 e. The van der Waals surface area contributed by atoms with E-state index in [0.29, 0.717) is 48.6 Å². The quantitative estimate of drug-likeness (QED) is 0.615. The van der Waals surface area contributed by atoms with Crippen molar-refractivity contribution in [3.05, 3.63) is 50.3 Å². The Labute approximate surface area is 169 Å². The predicted molar refractivity (Wildman–Crippen MR) is 113 cm³/mol.